The number of hydrogen-bond acceptors (Lipinski definition) is 3. The van der Waals surface area contributed by atoms with Crippen LogP contribution in [-0.2, 0) is 6.18 Å². The van der Waals surface area contributed by atoms with Crippen LogP contribution in [0.2, 0.25) is 0 Å². The lowest BCUT2D eigenvalue weighted by atomic mass is 10.1. The summed E-state index contributed by atoms with van der Waals surface area (Å²) in [5.41, 5.74) is -1.85. The molecule has 0 aliphatic heterocycles. The zero-order valence-electron chi connectivity index (χ0n) is 15.3. The maximum absolute atomic E-state index is 13.6. The van der Waals surface area contributed by atoms with Gasteiger partial charge in [-0.3, -0.25) is 9.78 Å². The van der Waals surface area contributed by atoms with Crippen molar-refractivity contribution in [3.05, 3.63) is 83.4 Å². The molecule has 10 heteroatoms. The van der Waals surface area contributed by atoms with E-state index < -0.39 is 46.3 Å². The van der Waals surface area contributed by atoms with Crippen LogP contribution >= 0.6 is 0 Å². The Bertz CT molecular complexity index is 1060. The standard InChI is InChI=1S/C20H13F6N3O/c1-29(17-8-11(21)2-7-14(17)20(24,25)26)13-5-3-12(4-6-13)28-19(30)18-15(22)9-27-10-16(18)23/h2-10H,1H3,(H,28,30). The molecule has 0 aliphatic rings. The predicted molar refractivity (Wildman–Crippen MR) is 98.0 cm³/mol. The quantitative estimate of drug-likeness (QED) is 0.559. The van der Waals surface area contributed by atoms with Crippen molar-refractivity contribution < 1.29 is 31.1 Å². The normalized spacial score (nSPS) is 11.3. The van der Waals surface area contributed by atoms with E-state index >= 15 is 0 Å². The molecule has 156 valence electrons. The first-order valence-corrected chi connectivity index (χ1v) is 8.39. The third-order valence-corrected chi connectivity index (χ3v) is 4.22. The number of rotatable bonds is 4. The topological polar surface area (TPSA) is 45.2 Å². The molecule has 0 aliphatic carbocycles. The molecule has 3 aromatic rings. The molecule has 1 N–H and O–H groups in total. The monoisotopic (exact) mass is 425 g/mol. The maximum atomic E-state index is 13.6. The Morgan fingerprint density at radius 3 is 2.13 bits per heavy atom. The molecule has 2 aromatic carbocycles. The average Bonchev–Trinajstić information content (AvgIpc) is 2.67. The van der Waals surface area contributed by atoms with Crippen molar-refractivity contribution in [2.45, 2.75) is 6.18 Å². The van der Waals surface area contributed by atoms with Crippen LogP contribution in [0.1, 0.15) is 15.9 Å². The van der Waals surface area contributed by atoms with Gasteiger partial charge in [0.25, 0.3) is 5.91 Å². The average molecular weight is 425 g/mol. The molecule has 3 rings (SSSR count). The van der Waals surface area contributed by atoms with Gasteiger partial charge in [0.15, 0.2) is 11.6 Å². The summed E-state index contributed by atoms with van der Waals surface area (Å²) in [6.45, 7) is 0. The van der Waals surface area contributed by atoms with Gasteiger partial charge in [-0.25, -0.2) is 13.2 Å². The number of halogens is 6. The van der Waals surface area contributed by atoms with Crippen LogP contribution in [0.15, 0.2) is 54.9 Å². The van der Waals surface area contributed by atoms with Gasteiger partial charge in [0, 0.05) is 18.4 Å². The molecule has 0 radical (unpaired) electrons. The minimum atomic E-state index is -4.69. The number of anilines is 3. The minimum Gasteiger partial charge on any atom is -0.344 e. The number of carbonyl (C=O) groups is 1. The summed E-state index contributed by atoms with van der Waals surface area (Å²) in [7, 11) is 1.32. The van der Waals surface area contributed by atoms with E-state index in [1.165, 1.54) is 31.3 Å². The maximum Gasteiger partial charge on any atom is 0.418 e. The van der Waals surface area contributed by atoms with Gasteiger partial charge in [0.1, 0.15) is 11.4 Å². The Balaban J connectivity index is 1.85. The van der Waals surface area contributed by atoms with E-state index in [9.17, 15) is 31.1 Å². The van der Waals surface area contributed by atoms with Crippen molar-refractivity contribution in [3.63, 3.8) is 0 Å². The van der Waals surface area contributed by atoms with Gasteiger partial charge < -0.3 is 10.2 Å². The minimum absolute atomic E-state index is 0.142. The van der Waals surface area contributed by atoms with Crippen LogP contribution in [0.25, 0.3) is 0 Å². The van der Waals surface area contributed by atoms with Crippen LogP contribution in [0.3, 0.4) is 0 Å². The molecular weight excluding hydrogens is 412 g/mol. The number of aromatic nitrogens is 1. The second-order valence-corrected chi connectivity index (χ2v) is 6.20. The first-order chi connectivity index (χ1) is 14.1. The van der Waals surface area contributed by atoms with E-state index in [2.05, 4.69) is 10.3 Å². The van der Waals surface area contributed by atoms with Crippen LogP contribution in [0.4, 0.5) is 43.4 Å². The summed E-state index contributed by atoms with van der Waals surface area (Å²) in [5, 5.41) is 2.29. The molecule has 0 saturated carbocycles. The number of alkyl halides is 3. The molecule has 30 heavy (non-hydrogen) atoms. The zero-order valence-corrected chi connectivity index (χ0v) is 15.3. The van der Waals surface area contributed by atoms with Gasteiger partial charge in [-0.1, -0.05) is 0 Å². The molecule has 1 aromatic heterocycles. The predicted octanol–water partition coefficient (Wildman–Crippen LogP) is 5.54. The Morgan fingerprint density at radius 1 is 0.967 bits per heavy atom. The van der Waals surface area contributed by atoms with E-state index in [4.69, 9.17) is 0 Å². The Hall–Kier alpha value is -3.56. The van der Waals surface area contributed by atoms with Crippen molar-refractivity contribution in [2.24, 2.45) is 0 Å². The molecule has 1 heterocycles. The summed E-state index contributed by atoms with van der Waals surface area (Å²) in [4.78, 5) is 16.5. The highest BCUT2D eigenvalue weighted by atomic mass is 19.4. The van der Waals surface area contributed by atoms with Crippen molar-refractivity contribution >= 4 is 23.0 Å². The number of amides is 1. The first-order valence-electron chi connectivity index (χ1n) is 8.39. The summed E-state index contributed by atoms with van der Waals surface area (Å²) in [6, 6.07) is 7.50. The number of nitrogens with zero attached hydrogens (tertiary/aromatic N) is 2. The highest BCUT2D eigenvalue weighted by molar-refractivity contribution is 6.04. The Kier molecular flexibility index (Phi) is 5.68. The van der Waals surface area contributed by atoms with Gasteiger partial charge in [-0.2, -0.15) is 13.2 Å². The summed E-state index contributed by atoms with van der Waals surface area (Å²) >= 11 is 0. The van der Waals surface area contributed by atoms with Gasteiger partial charge in [-0.15, -0.1) is 0 Å². The number of pyridine rings is 1. The molecule has 4 nitrogen and oxygen atoms in total. The highest BCUT2D eigenvalue weighted by Gasteiger charge is 2.34. The lowest BCUT2D eigenvalue weighted by molar-refractivity contribution is -0.137. The fraction of sp³-hybridized carbons (Fsp3) is 0.100. The largest absolute Gasteiger partial charge is 0.418 e. The van der Waals surface area contributed by atoms with Gasteiger partial charge in [-0.05, 0) is 42.5 Å². The van der Waals surface area contributed by atoms with Gasteiger partial charge >= 0.3 is 6.18 Å². The van der Waals surface area contributed by atoms with Gasteiger partial charge in [0.2, 0.25) is 0 Å². The smallest absolute Gasteiger partial charge is 0.344 e. The Morgan fingerprint density at radius 2 is 1.57 bits per heavy atom. The van der Waals surface area contributed by atoms with E-state index in [0.717, 1.165) is 17.0 Å². The molecule has 1 amide bonds. The summed E-state index contributed by atoms with van der Waals surface area (Å²) in [6.07, 6.45) is -3.32. The van der Waals surface area contributed by atoms with Crippen molar-refractivity contribution in [1.29, 1.82) is 0 Å². The third kappa shape index (κ3) is 4.37. The molecule has 0 spiro atoms. The fourth-order valence-corrected chi connectivity index (χ4v) is 2.75. The summed E-state index contributed by atoms with van der Waals surface area (Å²) < 4.78 is 80.5. The first kappa shape index (κ1) is 21.2. The molecule has 0 saturated heterocycles. The fourth-order valence-electron chi connectivity index (χ4n) is 2.75. The molecule has 0 atom stereocenters. The second-order valence-electron chi connectivity index (χ2n) is 6.20. The van der Waals surface area contributed by atoms with Crippen molar-refractivity contribution in [1.82, 2.24) is 4.98 Å². The third-order valence-electron chi connectivity index (χ3n) is 4.22. The van der Waals surface area contributed by atoms with E-state index in [1.54, 1.807) is 0 Å². The van der Waals surface area contributed by atoms with Crippen LogP contribution in [-0.4, -0.2) is 17.9 Å². The van der Waals surface area contributed by atoms with Crippen molar-refractivity contribution in [2.75, 3.05) is 17.3 Å². The van der Waals surface area contributed by atoms with Crippen LogP contribution < -0.4 is 10.2 Å². The molecule has 0 unspecified atom stereocenters. The second kappa shape index (κ2) is 8.05. The number of hydrogen-bond donors (Lipinski definition) is 1. The lowest BCUT2D eigenvalue weighted by Gasteiger charge is -2.24. The summed E-state index contributed by atoms with van der Waals surface area (Å²) in [5.74, 6) is -4.18. The van der Waals surface area contributed by atoms with E-state index in [0.29, 0.717) is 18.5 Å². The number of nitrogens with one attached hydrogen (secondary N) is 1. The van der Waals surface area contributed by atoms with Crippen molar-refractivity contribution in [3.8, 4) is 0 Å². The molecule has 0 bridgehead atoms. The van der Waals surface area contributed by atoms with E-state index in [-0.39, 0.29) is 11.4 Å². The zero-order chi connectivity index (χ0) is 22.1. The molecular formula is C20H13F6N3O. The number of carbonyl (C=O) groups excluding carboxylic acids is 1. The number of benzene rings is 2. The highest BCUT2D eigenvalue weighted by Crippen LogP contribution is 2.39. The van der Waals surface area contributed by atoms with E-state index in [1.807, 2.05) is 0 Å². The SMILES string of the molecule is CN(c1ccc(NC(=O)c2c(F)cncc2F)cc1)c1cc(F)ccc1C(F)(F)F. The van der Waals surface area contributed by atoms with Crippen LogP contribution in [0.5, 0.6) is 0 Å². The molecule has 0 fully saturated rings. The Labute approximate surface area is 166 Å². The lowest BCUT2D eigenvalue weighted by Crippen LogP contribution is -2.18. The van der Waals surface area contributed by atoms with Gasteiger partial charge in [0.05, 0.1) is 23.6 Å². The van der Waals surface area contributed by atoms with Crippen LogP contribution in [0, 0.1) is 17.5 Å².